The Kier molecular flexibility index (Phi) is 25.0. The minimum atomic E-state index is -3.97. The van der Waals surface area contributed by atoms with Crippen LogP contribution in [0.5, 0.6) is 11.5 Å². The van der Waals surface area contributed by atoms with Crippen molar-refractivity contribution in [1.29, 1.82) is 0 Å². The van der Waals surface area contributed by atoms with Gasteiger partial charge in [0.15, 0.2) is 0 Å². The van der Waals surface area contributed by atoms with Crippen LogP contribution in [0.3, 0.4) is 0 Å². The van der Waals surface area contributed by atoms with Crippen LogP contribution >= 0.6 is 0 Å². The van der Waals surface area contributed by atoms with Gasteiger partial charge in [0, 0.05) is 25.7 Å². The number of unbranched alkanes of at least 4 members (excludes halogenated alkanes) is 8. The van der Waals surface area contributed by atoms with Gasteiger partial charge in [-0.1, -0.05) is 57.1 Å². The number of aromatic nitrogens is 1. The maximum Gasteiger partial charge on any atom is 0.329 e. The monoisotopic (exact) mass is 914 g/mol. The molecular formula is C46H66N4O13S. The smallest absolute Gasteiger partial charge is 0.329 e. The third kappa shape index (κ3) is 24.6. The highest BCUT2D eigenvalue weighted by molar-refractivity contribution is 7.92. The summed E-state index contributed by atoms with van der Waals surface area (Å²) < 4.78 is 60.5. The summed E-state index contributed by atoms with van der Waals surface area (Å²) in [6, 6.07) is 16.8. The van der Waals surface area contributed by atoms with E-state index in [1.165, 1.54) is 68.1 Å². The van der Waals surface area contributed by atoms with Crippen molar-refractivity contribution in [2.24, 2.45) is 0 Å². The average Bonchev–Trinajstić information content (AvgIpc) is 3.24. The van der Waals surface area contributed by atoms with Crippen molar-refractivity contribution in [2.75, 3.05) is 70.7 Å². The Labute approximate surface area is 377 Å². The van der Waals surface area contributed by atoms with Gasteiger partial charge in [0.2, 0.25) is 5.91 Å². The predicted molar refractivity (Wildman–Crippen MR) is 240 cm³/mol. The number of anilines is 1. The molecule has 1 aromatic heterocycles. The van der Waals surface area contributed by atoms with Crippen LogP contribution in [0.1, 0.15) is 101 Å². The maximum atomic E-state index is 13.0. The number of benzene rings is 2. The Morgan fingerprint density at radius 1 is 0.641 bits per heavy atom. The number of esters is 1. The normalized spacial score (nSPS) is 11.5. The van der Waals surface area contributed by atoms with E-state index in [1.54, 1.807) is 12.1 Å². The molecule has 0 unspecified atom stereocenters. The van der Waals surface area contributed by atoms with Crippen LogP contribution in [0.25, 0.3) is 0 Å². The fraction of sp³-hybridized carbons (Fsp3) is 0.543. The summed E-state index contributed by atoms with van der Waals surface area (Å²) in [5.41, 5.74) is 1.05. The molecular weight excluding hydrogens is 849 g/mol. The number of aryl methyl sites for hydroxylation is 1. The lowest BCUT2D eigenvalue weighted by Gasteiger charge is -2.19. The Morgan fingerprint density at radius 2 is 1.19 bits per heavy atom. The number of rotatable bonds is 34. The molecule has 0 saturated heterocycles. The largest absolute Gasteiger partial charge is 0.480 e. The minimum absolute atomic E-state index is 0.0174. The molecule has 2 aromatic carbocycles. The third-order valence-electron chi connectivity index (χ3n) is 9.13. The number of nitrogens with zero attached hydrogens (tertiary/aromatic N) is 1. The highest BCUT2D eigenvalue weighted by Gasteiger charge is 2.17. The van der Waals surface area contributed by atoms with Crippen molar-refractivity contribution in [3.63, 3.8) is 0 Å². The van der Waals surface area contributed by atoms with Crippen molar-refractivity contribution in [1.82, 2.24) is 15.6 Å². The molecule has 0 fully saturated rings. The van der Waals surface area contributed by atoms with E-state index in [4.69, 9.17) is 33.5 Å². The van der Waals surface area contributed by atoms with Gasteiger partial charge in [0.1, 0.15) is 36.1 Å². The number of hydrogen-bond acceptors (Lipinski definition) is 13. The summed E-state index contributed by atoms with van der Waals surface area (Å²) in [4.78, 5) is 50.5. The van der Waals surface area contributed by atoms with E-state index >= 15 is 0 Å². The van der Waals surface area contributed by atoms with Gasteiger partial charge in [-0.15, -0.1) is 0 Å². The van der Waals surface area contributed by atoms with Gasteiger partial charge < -0.3 is 44.2 Å². The van der Waals surface area contributed by atoms with E-state index in [9.17, 15) is 27.6 Å². The van der Waals surface area contributed by atoms with Gasteiger partial charge in [0.05, 0.1) is 50.1 Å². The van der Waals surface area contributed by atoms with E-state index in [1.807, 2.05) is 32.9 Å². The number of amides is 2. The summed E-state index contributed by atoms with van der Waals surface area (Å²) in [6.07, 6.45) is 13.0. The Morgan fingerprint density at radius 3 is 1.77 bits per heavy atom. The van der Waals surface area contributed by atoms with Crippen LogP contribution in [0.15, 0.2) is 71.8 Å². The van der Waals surface area contributed by atoms with E-state index in [0.717, 1.165) is 32.1 Å². The lowest BCUT2D eigenvalue weighted by molar-refractivity contribution is -0.155. The molecule has 0 radical (unpaired) electrons. The SMILES string of the molecule is CC(C)(C)OC(=O)CCCCCCCCCCCc1ccc(Oc2ccc(S(=O)(=O)Nc3ccc(C(=O)NCCOCCOCC(=O)NCCOCCOCC(=O)O)cn3)cc2)cc1. The summed E-state index contributed by atoms with van der Waals surface area (Å²) in [5.74, 6) is -0.726. The first kappa shape index (κ1) is 53.2. The van der Waals surface area contributed by atoms with E-state index in [0.29, 0.717) is 17.9 Å². The molecule has 0 aliphatic rings. The molecule has 1 heterocycles. The molecule has 18 heteroatoms. The van der Waals surface area contributed by atoms with E-state index in [-0.39, 0.29) is 94.1 Å². The molecule has 0 bridgehead atoms. The second-order valence-corrected chi connectivity index (χ2v) is 17.5. The molecule has 0 aliphatic heterocycles. The molecule has 354 valence electrons. The quantitative estimate of drug-likeness (QED) is 0.0373. The molecule has 64 heavy (non-hydrogen) atoms. The summed E-state index contributed by atoms with van der Waals surface area (Å²) in [7, 11) is -3.97. The zero-order valence-corrected chi connectivity index (χ0v) is 38.2. The van der Waals surface area contributed by atoms with Crippen LogP contribution in [0.4, 0.5) is 5.82 Å². The van der Waals surface area contributed by atoms with Gasteiger partial charge in [-0.25, -0.2) is 18.2 Å². The maximum absolute atomic E-state index is 13.0. The van der Waals surface area contributed by atoms with Crippen molar-refractivity contribution in [3.8, 4) is 11.5 Å². The molecule has 3 rings (SSSR count). The van der Waals surface area contributed by atoms with Crippen LogP contribution in [0.2, 0.25) is 0 Å². The molecule has 0 aliphatic carbocycles. The second-order valence-electron chi connectivity index (χ2n) is 15.9. The first-order valence-corrected chi connectivity index (χ1v) is 23.3. The number of carboxylic acids is 1. The highest BCUT2D eigenvalue weighted by atomic mass is 32.2. The van der Waals surface area contributed by atoms with Crippen molar-refractivity contribution in [3.05, 3.63) is 78.0 Å². The topological polar surface area (TPSA) is 227 Å². The van der Waals surface area contributed by atoms with Crippen molar-refractivity contribution >= 4 is 39.6 Å². The first-order chi connectivity index (χ1) is 30.7. The van der Waals surface area contributed by atoms with Gasteiger partial charge in [-0.05, 0) is 94.1 Å². The average molecular weight is 915 g/mol. The van der Waals surface area contributed by atoms with Crippen molar-refractivity contribution in [2.45, 2.75) is 102 Å². The van der Waals surface area contributed by atoms with Crippen LogP contribution in [0, 0.1) is 0 Å². The predicted octanol–water partition coefficient (Wildman–Crippen LogP) is 6.46. The Balaban J connectivity index is 1.22. The Bertz CT molecular complexity index is 1920. The molecule has 0 atom stereocenters. The molecule has 3 aromatic rings. The third-order valence-corrected chi connectivity index (χ3v) is 10.5. The molecule has 0 spiro atoms. The molecule has 0 saturated carbocycles. The van der Waals surface area contributed by atoms with Gasteiger partial charge in [-0.2, -0.15) is 0 Å². The standard InChI is InChI=1S/C46H66N4O13S/c1-46(2,3)63-44(54)14-12-10-8-6-4-5-7-9-11-13-36-15-18-38(19-16-36)62-39-20-22-40(23-21-39)64(56,57)50-41-24-17-37(33-49-41)45(55)48-26-28-59-29-31-60-34-42(51)47-25-27-58-30-32-61-35-43(52)53/h15-24,33H,4-14,25-32,34-35H2,1-3H3,(H,47,51)(H,48,55)(H,49,50)(H,52,53). The molecule has 2 amide bonds. The molecule has 4 N–H and O–H groups in total. The highest BCUT2D eigenvalue weighted by Crippen LogP contribution is 2.25. The summed E-state index contributed by atoms with van der Waals surface area (Å²) in [6.45, 7) is 6.75. The Hall–Kier alpha value is -5.14. The van der Waals surface area contributed by atoms with Crippen LogP contribution in [-0.2, 0) is 54.5 Å². The number of nitrogens with one attached hydrogen (secondary N) is 3. The first-order valence-electron chi connectivity index (χ1n) is 21.9. The fourth-order valence-corrected chi connectivity index (χ4v) is 6.99. The lowest BCUT2D eigenvalue weighted by atomic mass is 10.0. The number of aliphatic carboxylic acids is 1. The van der Waals surface area contributed by atoms with Crippen molar-refractivity contribution < 1.29 is 61.1 Å². The van der Waals surface area contributed by atoms with Gasteiger partial charge in [-0.3, -0.25) is 19.1 Å². The number of carbonyl (C=O) groups is 4. The summed E-state index contributed by atoms with van der Waals surface area (Å²) in [5, 5.41) is 13.8. The summed E-state index contributed by atoms with van der Waals surface area (Å²) >= 11 is 0. The number of ether oxygens (including phenoxy) is 6. The number of carboxylic acid groups (broad SMARTS) is 1. The number of pyridine rings is 1. The zero-order valence-electron chi connectivity index (χ0n) is 37.4. The fourth-order valence-electron chi connectivity index (χ4n) is 5.98. The lowest BCUT2D eigenvalue weighted by Crippen LogP contribution is -2.31. The number of hydrogen-bond donors (Lipinski definition) is 4. The van der Waals surface area contributed by atoms with Crippen LogP contribution < -0.4 is 20.1 Å². The van der Waals surface area contributed by atoms with Gasteiger partial charge in [0.25, 0.3) is 15.9 Å². The van der Waals surface area contributed by atoms with Gasteiger partial charge >= 0.3 is 11.9 Å². The second kappa shape index (κ2) is 30.1. The number of carbonyl (C=O) groups excluding carboxylic acids is 3. The zero-order chi connectivity index (χ0) is 46.5. The number of sulfonamides is 1. The van der Waals surface area contributed by atoms with Crippen LogP contribution in [-0.4, -0.2) is 114 Å². The molecule has 17 nitrogen and oxygen atoms in total. The van der Waals surface area contributed by atoms with E-state index in [2.05, 4.69) is 32.5 Å². The van der Waals surface area contributed by atoms with E-state index < -0.39 is 27.5 Å². The minimum Gasteiger partial charge on any atom is -0.480 e.